The molecule has 2 amide bonds. The Morgan fingerprint density at radius 2 is 1.68 bits per heavy atom. The lowest BCUT2D eigenvalue weighted by atomic mass is 9.75. The molecule has 0 aliphatic carbocycles. The van der Waals surface area contributed by atoms with Crippen molar-refractivity contribution in [3.05, 3.63) is 58.9 Å². The molecule has 2 fully saturated rings. The Morgan fingerprint density at radius 3 is 2.32 bits per heavy atom. The van der Waals surface area contributed by atoms with Gasteiger partial charge in [-0.3, -0.25) is 14.6 Å². The van der Waals surface area contributed by atoms with Crippen molar-refractivity contribution < 1.29 is 14.3 Å². The maximum absolute atomic E-state index is 13.3. The van der Waals surface area contributed by atoms with E-state index in [1.54, 1.807) is 24.5 Å². The van der Waals surface area contributed by atoms with Crippen LogP contribution in [0.5, 0.6) is 5.75 Å². The van der Waals surface area contributed by atoms with E-state index in [2.05, 4.69) is 16.9 Å². The molecule has 2 saturated heterocycles. The number of aryl methyl sites for hydroxylation is 1. The van der Waals surface area contributed by atoms with E-state index in [1.165, 1.54) is 0 Å². The molecule has 1 aromatic carbocycles. The van der Waals surface area contributed by atoms with Crippen LogP contribution in [0.2, 0.25) is 5.02 Å². The molecule has 7 nitrogen and oxygen atoms in total. The minimum atomic E-state index is -0.318. The van der Waals surface area contributed by atoms with Crippen LogP contribution in [0.3, 0.4) is 0 Å². The van der Waals surface area contributed by atoms with Crippen LogP contribution in [-0.2, 0) is 4.79 Å². The zero-order valence-corrected chi connectivity index (χ0v) is 20.8. The van der Waals surface area contributed by atoms with Crippen molar-refractivity contribution in [1.29, 1.82) is 0 Å². The second-order valence-corrected chi connectivity index (χ2v) is 10.1. The predicted molar refractivity (Wildman–Crippen MR) is 132 cm³/mol. The number of benzene rings is 1. The number of pyridine rings is 1. The van der Waals surface area contributed by atoms with Gasteiger partial charge >= 0.3 is 0 Å². The minimum absolute atomic E-state index is 0.00573. The van der Waals surface area contributed by atoms with E-state index in [1.807, 2.05) is 34.9 Å². The molecule has 2 aliphatic rings. The number of ether oxygens (including phenoxy) is 1. The zero-order valence-electron chi connectivity index (χ0n) is 20.0. The molecule has 0 N–H and O–H groups in total. The summed E-state index contributed by atoms with van der Waals surface area (Å²) < 4.78 is 6.15. The standard InChI is InChI=1S/C26H33ClN4O3/c1-20-15-21(18-28-17-20)25(33)31-9-7-26(8-10-31,19-34-23-5-3-22(27)4-6-23)16-24(32)30-13-11-29(2)12-14-30/h3-6,15,17-18H,7-14,16,19H2,1-2H3. The number of rotatable bonds is 6. The molecule has 0 unspecified atom stereocenters. The maximum Gasteiger partial charge on any atom is 0.255 e. The van der Waals surface area contributed by atoms with Gasteiger partial charge in [-0.05, 0) is 62.7 Å². The molecule has 0 bridgehead atoms. The van der Waals surface area contributed by atoms with E-state index in [4.69, 9.17) is 16.3 Å². The monoisotopic (exact) mass is 484 g/mol. The van der Waals surface area contributed by atoms with Gasteiger partial charge < -0.3 is 19.4 Å². The molecule has 0 radical (unpaired) electrons. The largest absolute Gasteiger partial charge is 0.493 e. The first-order valence-electron chi connectivity index (χ1n) is 11.9. The van der Waals surface area contributed by atoms with Crippen LogP contribution in [0, 0.1) is 12.3 Å². The Hall–Kier alpha value is -2.64. The van der Waals surface area contributed by atoms with E-state index in [0.717, 1.165) is 37.5 Å². The molecule has 0 spiro atoms. The fraction of sp³-hybridized carbons (Fsp3) is 0.500. The second kappa shape index (κ2) is 10.7. The number of hydrogen-bond donors (Lipinski definition) is 0. The summed E-state index contributed by atoms with van der Waals surface area (Å²) in [6.07, 6.45) is 5.22. The first kappa shape index (κ1) is 24.5. The molecule has 0 saturated carbocycles. The highest BCUT2D eigenvalue weighted by atomic mass is 35.5. The van der Waals surface area contributed by atoms with Gasteiger partial charge in [0.15, 0.2) is 0 Å². The van der Waals surface area contributed by atoms with Gasteiger partial charge in [-0.25, -0.2) is 0 Å². The summed E-state index contributed by atoms with van der Waals surface area (Å²) in [6, 6.07) is 9.17. The normalized spacial score (nSPS) is 18.6. The van der Waals surface area contributed by atoms with Gasteiger partial charge in [0.2, 0.25) is 5.91 Å². The first-order valence-corrected chi connectivity index (χ1v) is 12.3. The third-order valence-corrected chi connectivity index (χ3v) is 7.23. The molecule has 3 heterocycles. The number of carbonyl (C=O) groups excluding carboxylic acids is 2. The van der Waals surface area contributed by atoms with Crippen molar-refractivity contribution in [3.8, 4) is 5.75 Å². The summed E-state index contributed by atoms with van der Waals surface area (Å²) >= 11 is 6.01. The van der Waals surface area contributed by atoms with Crippen molar-refractivity contribution in [3.63, 3.8) is 0 Å². The van der Waals surface area contributed by atoms with Gasteiger partial charge in [0.25, 0.3) is 5.91 Å². The number of hydrogen-bond acceptors (Lipinski definition) is 5. The van der Waals surface area contributed by atoms with Gasteiger partial charge in [0.1, 0.15) is 5.75 Å². The lowest BCUT2D eigenvalue weighted by Crippen LogP contribution is -2.51. The highest BCUT2D eigenvalue weighted by Gasteiger charge is 2.40. The van der Waals surface area contributed by atoms with Crippen molar-refractivity contribution in [1.82, 2.24) is 19.7 Å². The van der Waals surface area contributed by atoms with Gasteiger partial charge in [-0.1, -0.05) is 11.6 Å². The maximum atomic E-state index is 13.3. The van der Waals surface area contributed by atoms with E-state index in [0.29, 0.717) is 49.5 Å². The summed E-state index contributed by atoms with van der Waals surface area (Å²) in [5.41, 5.74) is 1.26. The lowest BCUT2D eigenvalue weighted by Gasteiger charge is -2.42. The SMILES string of the molecule is Cc1cncc(C(=O)N2CCC(COc3ccc(Cl)cc3)(CC(=O)N3CCN(C)CC3)CC2)c1. The Labute approximate surface area is 206 Å². The molecule has 0 atom stereocenters. The van der Waals surface area contributed by atoms with Crippen LogP contribution in [0.4, 0.5) is 0 Å². The predicted octanol–water partition coefficient (Wildman–Crippen LogP) is 3.51. The minimum Gasteiger partial charge on any atom is -0.493 e. The van der Waals surface area contributed by atoms with Gasteiger partial charge in [-0.2, -0.15) is 0 Å². The second-order valence-electron chi connectivity index (χ2n) is 9.65. The summed E-state index contributed by atoms with van der Waals surface area (Å²) in [5, 5.41) is 0.657. The van der Waals surface area contributed by atoms with Crippen molar-refractivity contribution in [2.24, 2.45) is 5.41 Å². The Kier molecular flexibility index (Phi) is 7.73. The Balaban J connectivity index is 1.44. The number of aromatic nitrogens is 1. The van der Waals surface area contributed by atoms with Crippen molar-refractivity contribution in [2.45, 2.75) is 26.2 Å². The molecular formula is C26H33ClN4O3. The fourth-order valence-corrected chi connectivity index (χ4v) is 4.79. The highest BCUT2D eigenvalue weighted by molar-refractivity contribution is 6.30. The molecule has 1 aromatic heterocycles. The number of piperazine rings is 1. The fourth-order valence-electron chi connectivity index (χ4n) is 4.67. The number of halogens is 1. The van der Waals surface area contributed by atoms with Crippen LogP contribution in [-0.4, -0.2) is 84.4 Å². The average molecular weight is 485 g/mol. The van der Waals surface area contributed by atoms with Crippen molar-refractivity contribution >= 4 is 23.4 Å². The Morgan fingerprint density at radius 1 is 1.00 bits per heavy atom. The van der Waals surface area contributed by atoms with E-state index in [-0.39, 0.29) is 17.2 Å². The molecule has 34 heavy (non-hydrogen) atoms. The molecule has 182 valence electrons. The van der Waals surface area contributed by atoms with Gasteiger partial charge in [0.05, 0.1) is 12.2 Å². The van der Waals surface area contributed by atoms with Gasteiger partial charge in [-0.15, -0.1) is 0 Å². The number of likely N-dealkylation sites (N-methyl/N-ethyl adjacent to an activating group) is 1. The number of likely N-dealkylation sites (tertiary alicyclic amines) is 1. The third kappa shape index (κ3) is 6.07. The summed E-state index contributed by atoms with van der Waals surface area (Å²) in [7, 11) is 2.08. The number of nitrogens with zero attached hydrogens (tertiary/aromatic N) is 4. The topological polar surface area (TPSA) is 66.0 Å². The van der Waals surface area contributed by atoms with Crippen LogP contribution < -0.4 is 4.74 Å². The zero-order chi connectivity index (χ0) is 24.1. The highest BCUT2D eigenvalue weighted by Crippen LogP contribution is 2.37. The average Bonchev–Trinajstić information content (AvgIpc) is 2.84. The van der Waals surface area contributed by atoms with E-state index in [9.17, 15) is 9.59 Å². The smallest absolute Gasteiger partial charge is 0.255 e. The van der Waals surface area contributed by atoms with Crippen LogP contribution in [0.15, 0.2) is 42.7 Å². The van der Waals surface area contributed by atoms with Crippen LogP contribution >= 0.6 is 11.6 Å². The summed E-state index contributed by atoms with van der Waals surface area (Å²) in [4.78, 5) is 36.5. The third-order valence-electron chi connectivity index (χ3n) is 6.97. The molecule has 2 aromatic rings. The number of piperidine rings is 1. The van der Waals surface area contributed by atoms with Crippen molar-refractivity contribution in [2.75, 3.05) is 52.9 Å². The molecule has 4 rings (SSSR count). The Bertz CT molecular complexity index is 997. The molecular weight excluding hydrogens is 452 g/mol. The molecule has 2 aliphatic heterocycles. The molecule has 8 heteroatoms. The number of carbonyl (C=O) groups is 2. The van der Waals surface area contributed by atoms with Crippen LogP contribution in [0.1, 0.15) is 35.2 Å². The van der Waals surface area contributed by atoms with Gasteiger partial charge in [0, 0.05) is 68.5 Å². The van der Waals surface area contributed by atoms with E-state index < -0.39 is 0 Å². The van der Waals surface area contributed by atoms with E-state index >= 15 is 0 Å². The first-order chi connectivity index (χ1) is 16.3. The van der Waals surface area contributed by atoms with Crippen LogP contribution in [0.25, 0.3) is 0 Å². The quantitative estimate of drug-likeness (QED) is 0.627. The summed E-state index contributed by atoms with van der Waals surface area (Å²) in [5.74, 6) is 0.907. The summed E-state index contributed by atoms with van der Waals surface area (Å²) in [6.45, 7) is 6.85. The lowest BCUT2D eigenvalue weighted by molar-refractivity contribution is -0.136. The number of amides is 2.